The van der Waals surface area contributed by atoms with E-state index >= 15 is 0 Å². The van der Waals surface area contributed by atoms with Gasteiger partial charge in [-0.25, -0.2) is 0 Å². The highest BCUT2D eigenvalue weighted by Gasteiger charge is 2.30. The van der Waals surface area contributed by atoms with Crippen LogP contribution in [0.3, 0.4) is 0 Å². The van der Waals surface area contributed by atoms with Gasteiger partial charge in [0.2, 0.25) is 0 Å². The molecular formula is C24H27NO3. The minimum absolute atomic E-state index is 0.0598. The highest BCUT2D eigenvalue weighted by Crippen LogP contribution is 2.28. The van der Waals surface area contributed by atoms with Gasteiger partial charge in [0.15, 0.2) is 11.6 Å². The first-order valence-electron chi connectivity index (χ1n) is 9.44. The zero-order chi connectivity index (χ0) is 20.4. The number of benzene rings is 2. The zero-order valence-corrected chi connectivity index (χ0v) is 16.4. The van der Waals surface area contributed by atoms with Crippen LogP contribution in [-0.4, -0.2) is 30.8 Å². The summed E-state index contributed by atoms with van der Waals surface area (Å²) >= 11 is 0. The number of allylic oxidation sites excluding steroid dienone is 2. The molecule has 2 aromatic carbocycles. The Bertz CT molecular complexity index is 836. The maximum atomic E-state index is 12.7. The highest BCUT2D eigenvalue weighted by molar-refractivity contribution is 6.16. The summed E-state index contributed by atoms with van der Waals surface area (Å²) in [6, 6.07) is 16.3. The van der Waals surface area contributed by atoms with Crippen molar-refractivity contribution in [1.82, 2.24) is 5.32 Å². The lowest BCUT2D eigenvalue weighted by atomic mass is 9.81. The molecule has 0 heterocycles. The second kappa shape index (κ2) is 11.0. The van der Waals surface area contributed by atoms with E-state index in [0.717, 1.165) is 29.5 Å². The number of carbonyl (C=O) groups excluding carboxylic acids is 2. The van der Waals surface area contributed by atoms with Crippen LogP contribution in [0.2, 0.25) is 0 Å². The molecule has 1 unspecified atom stereocenters. The van der Waals surface area contributed by atoms with Gasteiger partial charge in [-0.1, -0.05) is 48.5 Å². The summed E-state index contributed by atoms with van der Waals surface area (Å²) in [5.74, 6) is -0.620. The Hall–Kier alpha value is -2.98. The first-order valence-corrected chi connectivity index (χ1v) is 9.44. The number of aromatic hydroxyl groups is 1. The second-order valence-electron chi connectivity index (χ2n) is 6.72. The van der Waals surface area contributed by atoms with E-state index in [-0.39, 0.29) is 17.3 Å². The second-order valence-corrected chi connectivity index (χ2v) is 6.72. The maximum absolute atomic E-state index is 12.7. The van der Waals surface area contributed by atoms with Crippen molar-refractivity contribution in [1.29, 1.82) is 0 Å². The number of rotatable bonds is 4. The number of hydrogen-bond donors (Lipinski definition) is 2. The van der Waals surface area contributed by atoms with Gasteiger partial charge in [-0.3, -0.25) is 9.59 Å². The highest BCUT2D eigenvalue weighted by atomic mass is 16.3. The van der Waals surface area contributed by atoms with Crippen LogP contribution in [-0.2, 0) is 9.59 Å². The first kappa shape index (κ1) is 21.3. The van der Waals surface area contributed by atoms with Crippen LogP contribution in [0.15, 0.2) is 66.2 Å². The molecule has 0 radical (unpaired) electrons. The van der Waals surface area contributed by atoms with E-state index in [1.165, 1.54) is 6.08 Å². The SMILES string of the molecule is CNC.O=C(C=Cc1ccc(O)cc1)C1CCCC(=Cc2ccccc2)C1=O. The lowest BCUT2D eigenvalue weighted by molar-refractivity contribution is -0.129. The smallest absolute Gasteiger partial charge is 0.169 e. The fourth-order valence-electron chi connectivity index (χ4n) is 3.02. The van der Waals surface area contributed by atoms with Gasteiger partial charge in [-0.05, 0) is 74.3 Å². The van der Waals surface area contributed by atoms with E-state index in [0.29, 0.717) is 6.42 Å². The molecule has 146 valence electrons. The van der Waals surface area contributed by atoms with Gasteiger partial charge in [-0.15, -0.1) is 0 Å². The average Bonchev–Trinajstić information content (AvgIpc) is 2.70. The lowest BCUT2D eigenvalue weighted by Crippen LogP contribution is -2.27. The Morgan fingerprint density at radius 3 is 2.32 bits per heavy atom. The van der Waals surface area contributed by atoms with Crippen molar-refractivity contribution >= 4 is 23.7 Å². The molecule has 3 rings (SSSR count). The van der Waals surface area contributed by atoms with Crippen molar-refractivity contribution < 1.29 is 14.7 Å². The molecule has 1 saturated carbocycles. The number of carbonyl (C=O) groups is 2. The van der Waals surface area contributed by atoms with Crippen LogP contribution in [0.25, 0.3) is 12.2 Å². The van der Waals surface area contributed by atoms with Gasteiger partial charge >= 0.3 is 0 Å². The van der Waals surface area contributed by atoms with Crippen molar-refractivity contribution in [3.05, 3.63) is 77.4 Å². The Morgan fingerprint density at radius 1 is 1.04 bits per heavy atom. The van der Waals surface area contributed by atoms with Crippen LogP contribution in [0.4, 0.5) is 0 Å². The minimum atomic E-state index is -0.586. The van der Waals surface area contributed by atoms with Crippen molar-refractivity contribution in [2.45, 2.75) is 19.3 Å². The fourth-order valence-corrected chi connectivity index (χ4v) is 3.02. The van der Waals surface area contributed by atoms with Crippen molar-refractivity contribution in [2.75, 3.05) is 14.1 Å². The summed E-state index contributed by atoms with van der Waals surface area (Å²) in [6.45, 7) is 0. The summed E-state index contributed by atoms with van der Waals surface area (Å²) in [5.41, 5.74) is 2.53. The number of phenolic OH excluding ortho intramolecular Hbond substituents is 1. The van der Waals surface area contributed by atoms with E-state index in [1.54, 1.807) is 30.3 Å². The third-order valence-corrected chi connectivity index (χ3v) is 4.39. The van der Waals surface area contributed by atoms with Crippen LogP contribution in [0.1, 0.15) is 30.4 Å². The normalized spacial score (nSPS) is 18.0. The molecule has 0 amide bonds. The maximum Gasteiger partial charge on any atom is 0.169 e. The summed E-state index contributed by atoms with van der Waals surface area (Å²) in [7, 11) is 3.75. The molecule has 1 atom stereocenters. The van der Waals surface area contributed by atoms with E-state index in [1.807, 2.05) is 50.5 Å². The molecule has 1 fully saturated rings. The first-order chi connectivity index (χ1) is 13.5. The van der Waals surface area contributed by atoms with Crippen molar-refractivity contribution in [2.24, 2.45) is 5.92 Å². The third kappa shape index (κ3) is 6.32. The fraction of sp³-hybridized carbons (Fsp3) is 0.250. The topological polar surface area (TPSA) is 66.4 Å². The minimum Gasteiger partial charge on any atom is -0.508 e. The van der Waals surface area contributed by atoms with E-state index < -0.39 is 5.92 Å². The monoisotopic (exact) mass is 377 g/mol. The van der Waals surface area contributed by atoms with Crippen LogP contribution in [0, 0.1) is 5.92 Å². The molecule has 0 aromatic heterocycles. The van der Waals surface area contributed by atoms with Crippen LogP contribution < -0.4 is 5.32 Å². The number of phenols is 1. The molecule has 0 bridgehead atoms. The van der Waals surface area contributed by atoms with E-state index in [4.69, 9.17) is 0 Å². The summed E-state index contributed by atoms with van der Waals surface area (Å²) in [6.07, 6.45) is 7.22. The van der Waals surface area contributed by atoms with Gasteiger partial charge in [0.05, 0.1) is 5.92 Å². The predicted molar refractivity (Wildman–Crippen MR) is 114 cm³/mol. The molecule has 28 heavy (non-hydrogen) atoms. The van der Waals surface area contributed by atoms with Crippen LogP contribution in [0.5, 0.6) is 5.75 Å². The van der Waals surface area contributed by atoms with Crippen LogP contribution >= 0.6 is 0 Å². The molecule has 2 aromatic rings. The van der Waals surface area contributed by atoms with Gasteiger partial charge < -0.3 is 10.4 Å². The molecule has 2 N–H and O–H groups in total. The molecule has 1 aliphatic rings. The number of hydrogen-bond acceptors (Lipinski definition) is 4. The molecular weight excluding hydrogens is 350 g/mol. The van der Waals surface area contributed by atoms with Crippen molar-refractivity contribution in [3.63, 3.8) is 0 Å². The Morgan fingerprint density at radius 2 is 1.68 bits per heavy atom. The summed E-state index contributed by atoms with van der Waals surface area (Å²) in [4.78, 5) is 25.1. The Balaban J connectivity index is 0.000000878. The van der Waals surface area contributed by atoms with E-state index in [2.05, 4.69) is 5.32 Å². The molecule has 0 spiro atoms. The standard InChI is InChI=1S/C22H20O3.C2H7N/c23-19-12-9-16(10-13-19)11-14-21(24)20-8-4-7-18(22(20)25)15-17-5-2-1-3-6-17;1-3-2/h1-3,5-6,9-15,20,23H,4,7-8H2;3H,1-2H3. The summed E-state index contributed by atoms with van der Waals surface area (Å²) in [5, 5.41) is 12.0. The number of Topliss-reactive ketones (excluding diaryl/α,β-unsaturated/α-hetero) is 1. The Kier molecular flexibility index (Phi) is 8.37. The van der Waals surface area contributed by atoms with Gasteiger partial charge in [0.1, 0.15) is 5.75 Å². The third-order valence-electron chi connectivity index (χ3n) is 4.39. The number of ketones is 2. The van der Waals surface area contributed by atoms with E-state index in [9.17, 15) is 14.7 Å². The lowest BCUT2D eigenvalue weighted by Gasteiger charge is -2.20. The van der Waals surface area contributed by atoms with Gasteiger partial charge in [0, 0.05) is 0 Å². The molecule has 1 aliphatic carbocycles. The zero-order valence-electron chi connectivity index (χ0n) is 16.4. The molecule has 4 heteroatoms. The molecule has 0 saturated heterocycles. The number of nitrogens with one attached hydrogen (secondary N) is 1. The molecule has 4 nitrogen and oxygen atoms in total. The predicted octanol–water partition coefficient (Wildman–Crippen LogP) is 4.26. The summed E-state index contributed by atoms with van der Waals surface area (Å²) < 4.78 is 0. The largest absolute Gasteiger partial charge is 0.508 e. The molecule has 0 aliphatic heterocycles. The van der Waals surface area contributed by atoms with Crippen molar-refractivity contribution in [3.8, 4) is 5.75 Å². The quantitative estimate of drug-likeness (QED) is 0.617. The van der Waals surface area contributed by atoms with Gasteiger partial charge in [0.25, 0.3) is 0 Å². The van der Waals surface area contributed by atoms with Gasteiger partial charge in [-0.2, -0.15) is 0 Å². The average molecular weight is 377 g/mol. The Labute approximate surface area is 166 Å².